The fraction of sp³-hybridized carbons (Fsp3) is 0.900. The number of ether oxygens (including phenoxy) is 1. The van der Waals surface area contributed by atoms with Crippen molar-refractivity contribution in [1.82, 2.24) is 0 Å². The van der Waals surface area contributed by atoms with Crippen LogP contribution in [0.5, 0.6) is 0 Å². The predicted octanol–water partition coefficient (Wildman–Crippen LogP) is 2.23. The van der Waals surface area contributed by atoms with Crippen LogP contribution in [0.1, 0.15) is 51.9 Å². The Hall–Kier alpha value is -0.570. The van der Waals surface area contributed by atoms with Crippen molar-refractivity contribution in [2.75, 3.05) is 0 Å². The van der Waals surface area contributed by atoms with E-state index in [9.17, 15) is 4.79 Å². The maximum absolute atomic E-state index is 9.81. The lowest BCUT2D eigenvalue weighted by Gasteiger charge is -2.07. The first-order valence-electron chi connectivity index (χ1n) is 5.08. The number of carbonyl (C=O) groups is 1. The Kier molecular flexibility index (Phi) is 9.10. The lowest BCUT2D eigenvalue weighted by molar-refractivity contribution is -0.152. The molecule has 13 heavy (non-hydrogen) atoms. The standard InChI is InChI=1S/C10H20O3/c1-2-3-4-5-6-7-8-10(12)13-9-11/h9-10,12H,2-8H2,1H3. The van der Waals surface area contributed by atoms with E-state index < -0.39 is 6.29 Å². The van der Waals surface area contributed by atoms with Crippen molar-refractivity contribution in [1.29, 1.82) is 0 Å². The molecular weight excluding hydrogens is 168 g/mol. The van der Waals surface area contributed by atoms with E-state index >= 15 is 0 Å². The van der Waals surface area contributed by atoms with Crippen LogP contribution >= 0.6 is 0 Å². The van der Waals surface area contributed by atoms with E-state index in [4.69, 9.17) is 5.11 Å². The number of unbranched alkanes of at least 4 members (excludes halogenated alkanes) is 5. The van der Waals surface area contributed by atoms with Crippen LogP contribution in [0.2, 0.25) is 0 Å². The number of aliphatic hydroxyl groups is 1. The van der Waals surface area contributed by atoms with E-state index in [0.717, 1.165) is 12.8 Å². The van der Waals surface area contributed by atoms with Crippen LogP contribution in [0, 0.1) is 0 Å². The topological polar surface area (TPSA) is 46.5 Å². The average molecular weight is 188 g/mol. The van der Waals surface area contributed by atoms with Crippen LogP contribution < -0.4 is 0 Å². The molecule has 0 rings (SSSR count). The minimum atomic E-state index is -0.899. The van der Waals surface area contributed by atoms with Crippen LogP contribution in [-0.4, -0.2) is 17.9 Å². The summed E-state index contributed by atoms with van der Waals surface area (Å²) in [6, 6.07) is 0. The molecular formula is C10H20O3. The molecule has 1 N–H and O–H groups in total. The second-order valence-corrected chi connectivity index (χ2v) is 3.24. The fourth-order valence-electron chi connectivity index (χ4n) is 1.23. The van der Waals surface area contributed by atoms with E-state index in [1.54, 1.807) is 0 Å². The van der Waals surface area contributed by atoms with Gasteiger partial charge in [-0.2, -0.15) is 0 Å². The highest BCUT2D eigenvalue weighted by atomic mass is 16.6. The number of hydrogen-bond donors (Lipinski definition) is 1. The molecule has 0 saturated carbocycles. The zero-order chi connectivity index (χ0) is 9.94. The van der Waals surface area contributed by atoms with Crippen molar-refractivity contribution in [2.24, 2.45) is 0 Å². The quantitative estimate of drug-likeness (QED) is 0.343. The third-order valence-corrected chi connectivity index (χ3v) is 2.02. The third kappa shape index (κ3) is 9.34. The molecule has 0 amide bonds. The van der Waals surface area contributed by atoms with Crippen molar-refractivity contribution < 1.29 is 14.6 Å². The number of carbonyl (C=O) groups excluding carboxylic acids is 1. The van der Waals surface area contributed by atoms with E-state index in [0.29, 0.717) is 12.9 Å². The minimum absolute atomic E-state index is 0.293. The van der Waals surface area contributed by atoms with Gasteiger partial charge in [-0.15, -0.1) is 0 Å². The summed E-state index contributed by atoms with van der Waals surface area (Å²) in [6.07, 6.45) is 6.71. The molecule has 78 valence electrons. The average Bonchev–Trinajstić information content (AvgIpc) is 2.11. The lowest BCUT2D eigenvalue weighted by atomic mass is 10.1. The van der Waals surface area contributed by atoms with Gasteiger partial charge in [-0.1, -0.05) is 39.0 Å². The summed E-state index contributed by atoms with van der Waals surface area (Å²) in [7, 11) is 0. The Morgan fingerprint density at radius 1 is 1.23 bits per heavy atom. The van der Waals surface area contributed by atoms with Gasteiger partial charge >= 0.3 is 0 Å². The van der Waals surface area contributed by atoms with Crippen molar-refractivity contribution in [2.45, 2.75) is 58.2 Å². The van der Waals surface area contributed by atoms with Gasteiger partial charge in [0.1, 0.15) is 0 Å². The summed E-state index contributed by atoms with van der Waals surface area (Å²) in [5, 5.41) is 9.00. The summed E-state index contributed by atoms with van der Waals surface area (Å²) >= 11 is 0. The molecule has 0 aromatic heterocycles. The Morgan fingerprint density at radius 3 is 2.46 bits per heavy atom. The molecule has 0 aliphatic carbocycles. The zero-order valence-electron chi connectivity index (χ0n) is 8.37. The second-order valence-electron chi connectivity index (χ2n) is 3.24. The fourth-order valence-corrected chi connectivity index (χ4v) is 1.23. The number of hydrogen-bond acceptors (Lipinski definition) is 3. The maximum atomic E-state index is 9.81. The molecule has 0 saturated heterocycles. The summed E-state index contributed by atoms with van der Waals surface area (Å²) in [6.45, 7) is 2.48. The van der Waals surface area contributed by atoms with Gasteiger partial charge in [-0.25, -0.2) is 0 Å². The molecule has 1 atom stereocenters. The van der Waals surface area contributed by atoms with Gasteiger partial charge in [-0.05, 0) is 6.42 Å². The molecule has 0 fully saturated rings. The Morgan fingerprint density at radius 2 is 1.85 bits per heavy atom. The van der Waals surface area contributed by atoms with Gasteiger partial charge < -0.3 is 9.84 Å². The van der Waals surface area contributed by atoms with Gasteiger partial charge in [0.25, 0.3) is 6.47 Å². The molecule has 3 heteroatoms. The molecule has 3 nitrogen and oxygen atoms in total. The molecule has 0 radical (unpaired) electrons. The van der Waals surface area contributed by atoms with Gasteiger partial charge in [0.2, 0.25) is 0 Å². The van der Waals surface area contributed by atoms with Crippen LogP contribution in [0.3, 0.4) is 0 Å². The van der Waals surface area contributed by atoms with Gasteiger partial charge in [0.15, 0.2) is 6.29 Å². The lowest BCUT2D eigenvalue weighted by Crippen LogP contribution is -2.09. The molecule has 0 aromatic carbocycles. The van der Waals surface area contributed by atoms with E-state index in [2.05, 4.69) is 11.7 Å². The SMILES string of the molecule is CCCCCCCCC(O)OC=O. The number of aliphatic hydroxyl groups excluding tert-OH is 1. The molecule has 0 heterocycles. The minimum Gasteiger partial charge on any atom is -0.438 e. The van der Waals surface area contributed by atoms with E-state index in [1.165, 1.54) is 25.7 Å². The van der Waals surface area contributed by atoms with Crippen molar-refractivity contribution >= 4 is 6.47 Å². The van der Waals surface area contributed by atoms with Crippen molar-refractivity contribution in [3.8, 4) is 0 Å². The van der Waals surface area contributed by atoms with Crippen molar-refractivity contribution in [3.05, 3.63) is 0 Å². The Bertz CT molecular complexity index is 115. The summed E-state index contributed by atoms with van der Waals surface area (Å²) in [5.41, 5.74) is 0. The van der Waals surface area contributed by atoms with Gasteiger partial charge in [0.05, 0.1) is 0 Å². The first-order valence-corrected chi connectivity index (χ1v) is 5.08. The van der Waals surface area contributed by atoms with Crippen LogP contribution in [0.15, 0.2) is 0 Å². The summed E-state index contributed by atoms with van der Waals surface area (Å²) < 4.78 is 4.34. The van der Waals surface area contributed by atoms with Crippen LogP contribution in [-0.2, 0) is 9.53 Å². The van der Waals surface area contributed by atoms with Gasteiger partial charge in [-0.3, -0.25) is 4.79 Å². The van der Waals surface area contributed by atoms with Crippen LogP contribution in [0.4, 0.5) is 0 Å². The summed E-state index contributed by atoms with van der Waals surface area (Å²) in [5.74, 6) is 0. The largest absolute Gasteiger partial charge is 0.438 e. The predicted molar refractivity (Wildman–Crippen MR) is 51.1 cm³/mol. The third-order valence-electron chi connectivity index (χ3n) is 2.02. The normalized spacial score (nSPS) is 12.5. The highest BCUT2D eigenvalue weighted by Crippen LogP contribution is 2.08. The first kappa shape index (κ1) is 12.4. The Labute approximate surface area is 80.1 Å². The first-order chi connectivity index (χ1) is 6.31. The molecule has 0 bridgehead atoms. The van der Waals surface area contributed by atoms with E-state index in [1.807, 2.05) is 0 Å². The zero-order valence-corrected chi connectivity index (χ0v) is 8.37. The molecule has 1 unspecified atom stereocenters. The molecule has 0 aliphatic heterocycles. The van der Waals surface area contributed by atoms with Gasteiger partial charge in [0, 0.05) is 6.42 Å². The Balaban J connectivity index is 3.01. The monoisotopic (exact) mass is 188 g/mol. The maximum Gasteiger partial charge on any atom is 0.295 e. The van der Waals surface area contributed by atoms with Crippen LogP contribution in [0.25, 0.3) is 0 Å². The van der Waals surface area contributed by atoms with Crippen molar-refractivity contribution in [3.63, 3.8) is 0 Å². The van der Waals surface area contributed by atoms with E-state index in [-0.39, 0.29) is 0 Å². The molecule has 0 aromatic rings. The highest BCUT2D eigenvalue weighted by molar-refractivity contribution is 5.37. The number of rotatable bonds is 9. The summed E-state index contributed by atoms with van der Waals surface area (Å²) in [4.78, 5) is 9.81. The molecule has 0 spiro atoms. The molecule has 0 aliphatic rings. The second kappa shape index (κ2) is 9.52. The highest BCUT2D eigenvalue weighted by Gasteiger charge is 2.01. The smallest absolute Gasteiger partial charge is 0.295 e.